The largest absolute Gasteiger partial charge is 0.347 e. The molecule has 1 aromatic heterocycles. The summed E-state index contributed by atoms with van der Waals surface area (Å²) in [6.45, 7) is 3.11. The predicted octanol–water partition coefficient (Wildman–Crippen LogP) is 0.743. The van der Waals surface area contributed by atoms with Crippen LogP contribution in [0.4, 0.5) is 0 Å². The van der Waals surface area contributed by atoms with Gasteiger partial charge >= 0.3 is 0 Å². The number of nitrogens with zero attached hydrogens (tertiary/aromatic N) is 2. The second-order valence-corrected chi connectivity index (χ2v) is 4.06. The molecule has 16 heavy (non-hydrogen) atoms. The minimum Gasteiger partial charge on any atom is -0.347 e. The van der Waals surface area contributed by atoms with Gasteiger partial charge in [0.05, 0.1) is 6.54 Å². The van der Waals surface area contributed by atoms with Crippen LogP contribution < -0.4 is 5.73 Å². The van der Waals surface area contributed by atoms with E-state index in [9.17, 15) is 4.79 Å². The zero-order valence-corrected chi connectivity index (χ0v) is 9.94. The zero-order chi connectivity index (χ0) is 12.0. The Balaban J connectivity index is 2.41. The van der Waals surface area contributed by atoms with Crippen LogP contribution in [0.3, 0.4) is 0 Å². The second kappa shape index (κ2) is 6.27. The maximum absolute atomic E-state index is 11.9. The van der Waals surface area contributed by atoms with Gasteiger partial charge in [-0.25, -0.2) is 4.98 Å². The lowest BCUT2D eigenvalue weighted by molar-refractivity contribution is -0.134. The average Bonchev–Trinajstić information content (AvgIpc) is 2.77. The van der Waals surface area contributed by atoms with Gasteiger partial charge in [0.15, 0.2) is 0 Å². The molecule has 0 aromatic carbocycles. The number of H-pyrrole nitrogens is 1. The molecule has 0 bridgehead atoms. The molecule has 0 saturated carbocycles. The van der Waals surface area contributed by atoms with Gasteiger partial charge in [0.1, 0.15) is 5.82 Å². The highest BCUT2D eigenvalue weighted by Crippen LogP contribution is 2.09. The Bertz CT molecular complexity index is 310. The number of carbonyl (C=O) groups is 1. The molecule has 1 atom stereocenters. The summed E-state index contributed by atoms with van der Waals surface area (Å²) in [7, 11) is 1.80. The van der Waals surface area contributed by atoms with E-state index in [2.05, 4.69) is 9.97 Å². The van der Waals surface area contributed by atoms with Crippen molar-refractivity contribution >= 4 is 5.91 Å². The number of nitrogens with two attached hydrogens (primary N) is 1. The fourth-order valence-corrected chi connectivity index (χ4v) is 1.61. The van der Waals surface area contributed by atoms with Crippen LogP contribution in [-0.4, -0.2) is 34.4 Å². The molecular formula is C11H20N4O. The summed E-state index contributed by atoms with van der Waals surface area (Å²) < 4.78 is 0. The van der Waals surface area contributed by atoms with E-state index in [0.717, 1.165) is 18.7 Å². The maximum atomic E-state index is 11.9. The zero-order valence-electron chi connectivity index (χ0n) is 9.94. The van der Waals surface area contributed by atoms with E-state index in [1.54, 1.807) is 24.3 Å². The van der Waals surface area contributed by atoms with Crippen LogP contribution >= 0.6 is 0 Å². The SMILES string of the molecule is CC(CCCN)C(=O)N(C)Cc1ncc[nH]1. The van der Waals surface area contributed by atoms with Crippen LogP contribution in [0.25, 0.3) is 0 Å². The highest BCUT2D eigenvalue weighted by Gasteiger charge is 2.17. The van der Waals surface area contributed by atoms with Crippen molar-refractivity contribution in [3.63, 3.8) is 0 Å². The van der Waals surface area contributed by atoms with E-state index in [1.807, 2.05) is 6.92 Å². The molecule has 90 valence electrons. The third-order valence-electron chi connectivity index (χ3n) is 2.58. The van der Waals surface area contributed by atoms with Crippen LogP contribution in [0.15, 0.2) is 12.4 Å². The number of nitrogens with one attached hydrogen (secondary N) is 1. The molecule has 0 saturated heterocycles. The molecule has 0 radical (unpaired) electrons. The van der Waals surface area contributed by atoms with E-state index >= 15 is 0 Å². The summed E-state index contributed by atoms with van der Waals surface area (Å²) in [5.74, 6) is 0.982. The van der Waals surface area contributed by atoms with Gasteiger partial charge in [-0.3, -0.25) is 4.79 Å². The lowest BCUT2D eigenvalue weighted by atomic mass is 10.0. The van der Waals surface area contributed by atoms with Gasteiger partial charge in [-0.15, -0.1) is 0 Å². The average molecular weight is 224 g/mol. The minimum absolute atomic E-state index is 0.0310. The molecule has 1 heterocycles. The van der Waals surface area contributed by atoms with Gasteiger partial charge in [0.25, 0.3) is 0 Å². The molecule has 0 spiro atoms. The van der Waals surface area contributed by atoms with Crippen LogP contribution in [0.1, 0.15) is 25.6 Å². The van der Waals surface area contributed by atoms with Crippen molar-refractivity contribution in [3.8, 4) is 0 Å². The standard InChI is InChI=1S/C11H20N4O/c1-9(4-3-5-12)11(16)15(2)8-10-13-6-7-14-10/h6-7,9H,3-5,8,12H2,1-2H3,(H,13,14). The Morgan fingerprint density at radius 3 is 3.00 bits per heavy atom. The summed E-state index contributed by atoms with van der Waals surface area (Å²) in [6.07, 6.45) is 5.18. The fourth-order valence-electron chi connectivity index (χ4n) is 1.61. The molecule has 1 rings (SSSR count). The Kier molecular flexibility index (Phi) is 4.98. The van der Waals surface area contributed by atoms with Crippen molar-refractivity contribution in [3.05, 3.63) is 18.2 Å². The smallest absolute Gasteiger partial charge is 0.225 e. The summed E-state index contributed by atoms with van der Waals surface area (Å²) in [5.41, 5.74) is 5.42. The third kappa shape index (κ3) is 3.66. The van der Waals surface area contributed by atoms with Crippen LogP contribution in [-0.2, 0) is 11.3 Å². The van der Waals surface area contributed by atoms with Crippen LogP contribution in [0, 0.1) is 5.92 Å². The second-order valence-electron chi connectivity index (χ2n) is 4.06. The van der Waals surface area contributed by atoms with Crippen molar-refractivity contribution < 1.29 is 4.79 Å². The quantitative estimate of drug-likeness (QED) is 0.748. The highest BCUT2D eigenvalue weighted by molar-refractivity contribution is 5.78. The Hall–Kier alpha value is -1.36. The predicted molar refractivity (Wildman–Crippen MR) is 62.5 cm³/mol. The molecule has 0 aliphatic heterocycles. The molecule has 0 fully saturated rings. The molecule has 0 aliphatic rings. The number of rotatable bonds is 6. The summed E-state index contributed by atoms with van der Waals surface area (Å²) in [5, 5.41) is 0. The van der Waals surface area contributed by atoms with Crippen LogP contribution in [0.2, 0.25) is 0 Å². The molecule has 1 aromatic rings. The van der Waals surface area contributed by atoms with Gasteiger partial charge in [-0.05, 0) is 19.4 Å². The number of amides is 1. The monoisotopic (exact) mass is 224 g/mol. The summed E-state index contributed by atoms with van der Waals surface area (Å²) in [6, 6.07) is 0. The molecule has 3 N–H and O–H groups in total. The van der Waals surface area contributed by atoms with Crippen molar-refractivity contribution in [2.45, 2.75) is 26.3 Å². The number of imidazole rings is 1. The lowest BCUT2D eigenvalue weighted by Crippen LogP contribution is -2.31. The first-order valence-corrected chi connectivity index (χ1v) is 5.58. The molecule has 5 nitrogen and oxygen atoms in total. The van der Waals surface area contributed by atoms with Crippen LogP contribution in [0.5, 0.6) is 0 Å². The minimum atomic E-state index is 0.0310. The summed E-state index contributed by atoms with van der Waals surface area (Å²) in [4.78, 5) is 20.7. The first-order valence-electron chi connectivity index (χ1n) is 5.58. The van der Waals surface area contributed by atoms with Crippen molar-refractivity contribution in [1.82, 2.24) is 14.9 Å². The topological polar surface area (TPSA) is 75.0 Å². The van der Waals surface area contributed by atoms with Gasteiger partial charge in [0, 0.05) is 25.4 Å². The van der Waals surface area contributed by atoms with E-state index in [4.69, 9.17) is 5.73 Å². The van der Waals surface area contributed by atoms with E-state index in [-0.39, 0.29) is 11.8 Å². The lowest BCUT2D eigenvalue weighted by Gasteiger charge is -2.20. The Morgan fingerprint density at radius 2 is 2.44 bits per heavy atom. The molecule has 5 heteroatoms. The van der Waals surface area contributed by atoms with Gasteiger partial charge in [-0.1, -0.05) is 6.92 Å². The molecule has 0 aliphatic carbocycles. The van der Waals surface area contributed by atoms with Gasteiger partial charge in [-0.2, -0.15) is 0 Å². The Morgan fingerprint density at radius 1 is 1.69 bits per heavy atom. The van der Waals surface area contributed by atoms with E-state index in [1.165, 1.54) is 0 Å². The van der Waals surface area contributed by atoms with E-state index < -0.39 is 0 Å². The number of aromatic nitrogens is 2. The number of aromatic amines is 1. The first kappa shape index (κ1) is 12.7. The third-order valence-corrected chi connectivity index (χ3v) is 2.58. The molecular weight excluding hydrogens is 204 g/mol. The van der Waals surface area contributed by atoms with E-state index in [0.29, 0.717) is 13.1 Å². The molecule has 1 amide bonds. The molecule has 1 unspecified atom stereocenters. The number of hydrogen-bond acceptors (Lipinski definition) is 3. The van der Waals surface area contributed by atoms with Gasteiger partial charge in [0.2, 0.25) is 5.91 Å². The number of carbonyl (C=O) groups excluding carboxylic acids is 1. The summed E-state index contributed by atoms with van der Waals surface area (Å²) >= 11 is 0. The van der Waals surface area contributed by atoms with Gasteiger partial charge < -0.3 is 15.6 Å². The van der Waals surface area contributed by atoms with Crippen molar-refractivity contribution in [2.75, 3.05) is 13.6 Å². The maximum Gasteiger partial charge on any atom is 0.225 e. The van der Waals surface area contributed by atoms with Crippen molar-refractivity contribution in [1.29, 1.82) is 0 Å². The highest BCUT2D eigenvalue weighted by atomic mass is 16.2. The first-order chi connectivity index (χ1) is 7.65. The number of hydrogen-bond donors (Lipinski definition) is 2. The Labute approximate surface area is 96.0 Å². The fraction of sp³-hybridized carbons (Fsp3) is 0.636. The van der Waals surface area contributed by atoms with Crippen molar-refractivity contribution in [2.24, 2.45) is 11.7 Å². The normalized spacial score (nSPS) is 12.4.